The molecule has 1 fully saturated rings. The molecular formula is C18H31ClIN5. The Kier molecular flexibility index (Phi) is 10.7. The van der Waals surface area contributed by atoms with Gasteiger partial charge in [-0.1, -0.05) is 23.7 Å². The monoisotopic (exact) mass is 479 g/mol. The van der Waals surface area contributed by atoms with Gasteiger partial charge in [0.25, 0.3) is 0 Å². The van der Waals surface area contributed by atoms with E-state index in [4.69, 9.17) is 11.6 Å². The Labute approximate surface area is 174 Å². The van der Waals surface area contributed by atoms with Crippen molar-refractivity contribution in [1.29, 1.82) is 0 Å². The topological polar surface area (TPSA) is 42.9 Å². The van der Waals surface area contributed by atoms with Gasteiger partial charge in [-0.15, -0.1) is 24.0 Å². The SMILES string of the molecule is CCNC(=NCc1cccc(Cl)c1)NCC(C)N1CCN(C)CC1.I. The molecule has 1 atom stereocenters. The number of rotatable bonds is 6. The molecule has 0 spiro atoms. The van der Waals surface area contributed by atoms with Crippen molar-refractivity contribution >= 4 is 41.5 Å². The van der Waals surface area contributed by atoms with Crippen LogP contribution in [0.3, 0.4) is 0 Å². The predicted molar refractivity (Wildman–Crippen MR) is 118 cm³/mol. The number of nitrogens with one attached hydrogen (secondary N) is 2. The lowest BCUT2D eigenvalue weighted by atomic mass is 10.2. The summed E-state index contributed by atoms with van der Waals surface area (Å²) in [6.45, 7) is 11.3. The van der Waals surface area contributed by atoms with Crippen LogP contribution in [-0.2, 0) is 6.54 Å². The molecule has 2 N–H and O–H groups in total. The van der Waals surface area contributed by atoms with Crippen LogP contribution < -0.4 is 10.6 Å². The fourth-order valence-electron chi connectivity index (χ4n) is 2.78. The highest BCUT2D eigenvalue weighted by molar-refractivity contribution is 14.0. The fourth-order valence-corrected chi connectivity index (χ4v) is 3.00. The Balaban J connectivity index is 0.00000312. The van der Waals surface area contributed by atoms with Gasteiger partial charge in [-0.2, -0.15) is 0 Å². The molecule has 0 aromatic heterocycles. The smallest absolute Gasteiger partial charge is 0.191 e. The van der Waals surface area contributed by atoms with E-state index in [1.54, 1.807) is 0 Å². The molecule has 1 unspecified atom stereocenters. The van der Waals surface area contributed by atoms with Crippen molar-refractivity contribution in [3.05, 3.63) is 34.9 Å². The average Bonchev–Trinajstić information content (AvgIpc) is 2.58. The van der Waals surface area contributed by atoms with E-state index >= 15 is 0 Å². The number of piperazine rings is 1. The summed E-state index contributed by atoms with van der Waals surface area (Å²) in [5.41, 5.74) is 1.12. The number of hydrogen-bond acceptors (Lipinski definition) is 3. The number of nitrogens with zero attached hydrogens (tertiary/aromatic N) is 3. The molecule has 142 valence electrons. The number of benzene rings is 1. The second-order valence-corrected chi connectivity index (χ2v) is 6.83. The maximum Gasteiger partial charge on any atom is 0.191 e. The summed E-state index contributed by atoms with van der Waals surface area (Å²) in [7, 11) is 2.19. The zero-order valence-corrected chi connectivity index (χ0v) is 18.6. The number of halogens is 2. The molecule has 5 nitrogen and oxygen atoms in total. The largest absolute Gasteiger partial charge is 0.357 e. The number of likely N-dealkylation sites (N-methyl/N-ethyl adjacent to an activating group) is 1. The summed E-state index contributed by atoms with van der Waals surface area (Å²) in [4.78, 5) is 9.58. The Hall–Kier alpha value is -0.570. The zero-order chi connectivity index (χ0) is 17.4. The van der Waals surface area contributed by atoms with E-state index in [1.165, 1.54) is 0 Å². The molecule has 0 amide bonds. The normalized spacial score (nSPS) is 17.7. The van der Waals surface area contributed by atoms with E-state index in [0.29, 0.717) is 12.6 Å². The third kappa shape index (κ3) is 8.11. The molecule has 2 rings (SSSR count). The molecule has 1 aromatic rings. The number of aliphatic imine (C=N–C) groups is 1. The van der Waals surface area contributed by atoms with Crippen molar-refractivity contribution in [2.24, 2.45) is 4.99 Å². The molecule has 0 bridgehead atoms. The molecule has 1 heterocycles. The van der Waals surface area contributed by atoms with Gasteiger partial charge in [-0.3, -0.25) is 4.90 Å². The molecule has 0 saturated carbocycles. The summed E-state index contributed by atoms with van der Waals surface area (Å²) in [5, 5.41) is 7.53. The molecule has 7 heteroatoms. The van der Waals surface area contributed by atoms with Crippen molar-refractivity contribution in [2.75, 3.05) is 46.3 Å². The maximum atomic E-state index is 6.03. The highest BCUT2D eigenvalue weighted by atomic mass is 127. The number of hydrogen-bond donors (Lipinski definition) is 2. The molecule has 0 aliphatic carbocycles. The van der Waals surface area contributed by atoms with Crippen molar-refractivity contribution in [3.63, 3.8) is 0 Å². The van der Waals surface area contributed by atoms with Crippen LogP contribution in [0.4, 0.5) is 0 Å². The van der Waals surface area contributed by atoms with Gasteiger partial charge in [-0.05, 0) is 38.6 Å². The molecule has 25 heavy (non-hydrogen) atoms. The lowest BCUT2D eigenvalue weighted by Crippen LogP contribution is -2.52. The van der Waals surface area contributed by atoms with Crippen molar-refractivity contribution in [1.82, 2.24) is 20.4 Å². The minimum Gasteiger partial charge on any atom is -0.357 e. The summed E-state index contributed by atoms with van der Waals surface area (Å²) < 4.78 is 0. The van der Waals surface area contributed by atoms with Gasteiger partial charge in [0, 0.05) is 50.3 Å². The van der Waals surface area contributed by atoms with Gasteiger partial charge in [0.2, 0.25) is 0 Å². The Bertz CT molecular complexity index is 532. The lowest BCUT2D eigenvalue weighted by molar-refractivity contribution is 0.120. The van der Waals surface area contributed by atoms with Gasteiger partial charge in [0.15, 0.2) is 5.96 Å². The van der Waals surface area contributed by atoms with Gasteiger partial charge >= 0.3 is 0 Å². The van der Waals surface area contributed by atoms with Gasteiger partial charge in [0.05, 0.1) is 6.54 Å². The third-order valence-corrected chi connectivity index (χ3v) is 4.61. The fraction of sp³-hybridized carbons (Fsp3) is 0.611. The van der Waals surface area contributed by atoms with E-state index in [0.717, 1.165) is 55.8 Å². The Morgan fingerprint density at radius 2 is 1.96 bits per heavy atom. The lowest BCUT2D eigenvalue weighted by Gasteiger charge is -2.36. The average molecular weight is 480 g/mol. The van der Waals surface area contributed by atoms with Crippen LogP contribution in [0, 0.1) is 0 Å². The minimum absolute atomic E-state index is 0. The molecule has 1 aliphatic heterocycles. The summed E-state index contributed by atoms with van der Waals surface area (Å²) >= 11 is 6.03. The van der Waals surface area contributed by atoms with Crippen LogP contribution in [0.1, 0.15) is 19.4 Å². The first-order chi connectivity index (χ1) is 11.6. The third-order valence-electron chi connectivity index (χ3n) is 4.38. The van der Waals surface area contributed by atoms with Crippen LogP contribution in [0.15, 0.2) is 29.3 Å². The van der Waals surface area contributed by atoms with E-state index in [2.05, 4.69) is 46.3 Å². The Morgan fingerprint density at radius 3 is 2.60 bits per heavy atom. The van der Waals surface area contributed by atoms with Crippen LogP contribution in [0.5, 0.6) is 0 Å². The minimum atomic E-state index is 0. The predicted octanol–water partition coefficient (Wildman–Crippen LogP) is 2.65. The summed E-state index contributed by atoms with van der Waals surface area (Å²) in [5.74, 6) is 0.860. The van der Waals surface area contributed by atoms with E-state index in [-0.39, 0.29) is 24.0 Å². The molecule has 0 radical (unpaired) electrons. The summed E-state index contributed by atoms with van der Waals surface area (Å²) in [6.07, 6.45) is 0. The van der Waals surface area contributed by atoms with E-state index in [9.17, 15) is 0 Å². The zero-order valence-electron chi connectivity index (χ0n) is 15.5. The summed E-state index contributed by atoms with van der Waals surface area (Å²) in [6, 6.07) is 8.35. The van der Waals surface area contributed by atoms with Crippen LogP contribution in [0.25, 0.3) is 0 Å². The van der Waals surface area contributed by atoms with Crippen molar-refractivity contribution in [2.45, 2.75) is 26.4 Å². The Morgan fingerprint density at radius 1 is 1.24 bits per heavy atom. The molecule has 1 aliphatic rings. The second kappa shape index (κ2) is 11.9. The molecule has 1 aromatic carbocycles. The van der Waals surface area contributed by atoms with Crippen molar-refractivity contribution in [3.8, 4) is 0 Å². The first-order valence-electron chi connectivity index (χ1n) is 8.77. The van der Waals surface area contributed by atoms with Crippen LogP contribution in [-0.4, -0.2) is 68.1 Å². The van der Waals surface area contributed by atoms with Gasteiger partial charge < -0.3 is 15.5 Å². The first kappa shape index (κ1) is 22.5. The van der Waals surface area contributed by atoms with Crippen LogP contribution >= 0.6 is 35.6 Å². The van der Waals surface area contributed by atoms with Gasteiger partial charge in [0.1, 0.15) is 0 Å². The van der Waals surface area contributed by atoms with Crippen LogP contribution in [0.2, 0.25) is 5.02 Å². The number of guanidine groups is 1. The first-order valence-corrected chi connectivity index (χ1v) is 9.15. The molecular weight excluding hydrogens is 449 g/mol. The highest BCUT2D eigenvalue weighted by Gasteiger charge is 2.18. The van der Waals surface area contributed by atoms with Gasteiger partial charge in [-0.25, -0.2) is 4.99 Å². The standard InChI is InChI=1S/C18H30ClN5.HI/c1-4-20-18(22-14-16-6-5-7-17(19)12-16)21-13-15(2)24-10-8-23(3)9-11-24;/h5-7,12,15H,4,8-11,13-14H2,1-3H3,(H2,20,21,22);1H. The van der Waals surface area contributed by atoms with E-state index in [1.807, 2.05) is 24.3 Å². The maximum absolute atomic E-state index is 6.03. The molecule has 1 saturated heterocycles. The highest BCUT2D eigenvalue weighted by Crippen LogP contribution is 2.11. The second-order valence-electron chi connectivity index (χ2n) is 6.39. The van der Waals surface area contributed by atoms with Crippen molar-refractivity contribution < 1.29 is 0 Å². The quantitative estimate of drug-likeness (QED) is 0.374. The van der Waals surface area contributed by atoms with E-state index < -0.39 is 0 Å².